The highest BCUT2D eigenvalue weighted by molar-refractivity contribution is 7.89. The molecule has 0 saturated carbocycles. The van der Waals surface area contributed by atoms with Crippen LogP contribution in [-0.4, -0.2) is 43.1 Å². The molecular weight excluding hydrogens is 182 g/mol. The zero-order valence-corrected chi connectivity index (χ0v) is 7.87. The van der Waals surface area contributed by atoms with Gasteiger partial charge in [0.1, 0.15) is 0 Å². The molecular formula is C5H13N3O3S. The Labute approximate surface area is 71.7 Å². The first-order chi connectivity index (χ1) is 5.44. The summed E-state index contributed by atoms with van der Waals surface area (Å²) >= 11 is 0. The van der Waals surface area contributed by atoms with Crippen LogP contribution < -0.4 is 5.73 Å². The normalized spacial score (nSPS) is 13.8. The number of nitrogens with zero attached hydrogens (tertiary/aromatic N) is 2. The van der Waals surface area contributed by atoms with Crippen molar-refractivity contribution in [1.82, 2.24) is 4.31 Å². The van der Waals surface area contributed by atoms with Gasteiger partial charge in [0.2, 0.25) is 10.0 Å². The number of nitrogens with two attached hydrogens (primary N) is 1. The molecule has 12 heavy (non-hydrogen) atoms. The molecule has 3 N–H and O–H groups in total. The Morgan fingerprint density at radius 3 is 2.50 bits per heavy atom. The molecule has 0 rings (SSSR count). The summed E-state index contributed by atoms with van der Waals surface area (Å²) in [5.41, 5.74) is 5.12. The number of rotatable bonds is 4. The average molecular weight is 195 g/mol. The first kappa shape index (κ1) is 11.2. The smallest absolute Gasteiger partial charge is 0.213 e. The fourth-order valence-electron chi connectivity index (χ4n) is 0.578. The van der Waals surface area contributed by atoms with Crippen molar-refractivity contribution in [3.05, 3.63) is 0 Å². The molecule has 72 valence electrons. The summed E-state index contributed by atoms with van der Waals surface area (Å²) in [6, 6.07) is 0. The van der Waals surface area contributed by atoms with E-state index in [0.29, 0.717) is 0 Å². The third kappa shape index (κ3) is 3.05. The maximum absolute atomic E-state index is 11.1. The van der Waals surface area contributed by atoms with Crippen molar-refractivity contribution >= 4 is 15.9 Å². The largest absolute Gasteiger partial charge is 0.409 e. The lowest BCUT2D eigenvalue weighted by atomic mass is 10.6. The van der Waals surface area contributed by atoms with Crippen molar-refractivity contribution in [3.8, 4) is 0 Å². The minimum Gasteiger partial charge on any atom is -0.409 e. The molecule has 0 aromatic carbocycles. The zero-order chi connectivity index (χ0) is 9.78. The lowest BCUT2D eigenvalue weighted by molar-refractivity contribution is 0.315. The Balaban J connectivity index is 4.33. The molecule has 0 atom stereocenters. The zero-order valence-electron chi connectivity index (χ0n) is 7.06. The van der Waals surface area contributed by atoms with Crippen molar-refractivity contribution < 1.29 is 13.6 Å². The van der Waals surface area contributed by atoms with Crippen molar-refractivity contribution in [1.29, 1.82) is 0 Å². The van der Waals surface area contributed by atoms with Crippen LogP contribution in [0.2, 0.25) is 0 Å². The minimum atomic E-state index is -3.24. The molecule has 0 bridgehead atoms. The van der Waals surface area contributed by atoms with E-state index < -0.39 is 10.0 Å². The van der Waals surface area contributed by atoms with Crippen LogP contribution >= 0.6 is 0 Å². The third-order valence-corrected chi connectivity index (χ3v) is 3.16. The average Bonchev–Trinajstić information content (AvgIpc) is 2.04. The number of sulfonamides is 1. The summed E-state index contributed by atoms with van der Waals surface area (Å²) in [7, 11) is -1.87. The highest BCUT2D eigenvalue weighted by Gasteiger charge is 2.15. The van der Waals surface area contributed by atoms with Gasteiger partial charge in [-0.1, -0.05) is 5.16 Å². The molecule has 0 aliphatic carbocycles. The predicted octanol–water partition coefficient (Wildman–Crippen LogP) is -0.986. The lowest BCUT2D eigenvalue weighted by Gasteiger charge is -2.14. The van der Waals surface area contributed by atoms with Gasteiger partial charge >= 0.3 is 0 Å². The van der Waals surface area contributed by atoms with Crippen LogP contribution in [0.3, 0.4) is 0 Å². The lowest BCUT2D eigenvalue weighted by Crippen LogP contribution is -2.36. The fraction of sp³-hybridized carbons (Fsp3) is 0.800. The summed E-state index contributed by atoms with van der Waals surface area (Å²) in [6.45, 7) is 1.44. The van der Waals surface area contributed by atoms with Crippen molar-refractivity contribution in [2.75, 3.05) is 19.3 Å². The Hall–Kier alpha value is -0.820. The van der Waals surface area contributed by atoms with Gasteiger partial charge in [0.15, 0.2) is 5.84 Å². The van der Waals surface area contributed by atoms with E-state index >= 15 is 0 Å². The second-order valence-electron chi connectivity index (χ2n) is 2.25. The van der Waals surface area contributed by atoms with Crippen LogP contribution in [0.4, 0.5) is 0 Å². The van der Waals surface area contributed by atoms with Crippen molar-refractivity contribution in [2.45, 2.75) is 6.92 Å². The number of likely N-dealkylation sites (N-methyl/N-ethyl adjacent to an activating group) is 1. The SMILES string of the molecule is CCS(=O)(=O)N(C)CC(N)=NO. The molecule has 0 aromatic rings. The van der Waals surface area contributed by atoms with Crippen LogP contribution in [0.1, 0.15) is 6.92 Å². The monoisotopic (exact) mass is 195 g/mol. The van der Waals surface area contributed by atoms with Gasteiger partial charge in [-0.2, -0.15) is 4.31 Å². The molecule has 0 radical (unpaired) electrons. The van der Waals surface area contributed by atoms with Crippen LogP contribution in [0, 0.1) is 0 Å². The van der Waals surface area contributed by atoms with E-state index in [1.807, 2.05) is 0 Å². The van der Waals surface area contributed by atoms with Crippen molar-refractivity contribution in [2.24, 2.45) is 10.9 Å². The molecule has 7 heteroatoms. The van der Waals surface area contributed by atoms with Crippen LogP contribution in [-0.2, 0) is 10.0 Å². The van der Waals surface area contributed by atoms with Crippen LogP contribution in [0.15, 0.2) is 5.16 Å². The van der Waals surface area contributed by atoms with Gasteiger partial charge in [-0.15, -0.1) is 0 Å². The number of oxime groups is 1. The molecule has 0 aliphatic rings. The van der Waals surface area contributed by atoms with E-state index in [-0.39, 0.29) is 18.1 Å². The summed E-state index contributed by atoms with van der Waals surface area (Å²) < 4.78 is 23.2. The van der Waals surface area contributed by atoms with Gasteiger partial charge in [-0.3, -0.25) is 0 Å². The van der Waals surface area contributed by atoms with Gasteiger partial charge < -0.3 is 10.9 Å². The van der Waals surface area contributed by atoms with E-state index in [1.54, 1.807) is 0 Å². The van der Waals surface area contributed by atoms with Gasteiger partial charge in [0, 0.05) is 7.05 Å². The van der Waals surface area contributed by atoms with Gasteiger partial charge in [0.05, 0.1) is 12.3 Å². The topological polar surface area (TPSA) is 96.0 Å². The quantitative estimate of drug-likeness (QED) is 0.261. The molecule has 0 heterocycles. The molecule has 0 aliphatic heterocycles. The van der Waals surface area contributed by atoms with E-state index in [9.17, 15) is 8.42 Å². The van der Waals surface area contributed by atoms with Gasteiger partial charge in [-0.05, 0) is 6.92 Å². The highest BCUT2D eigenvalue weighted by atomic mass is 32.2. The Morgan fingerprint density at radius 1 is 1.67 bits per heavy atom. The fourth-order valence-corrected chi connectivity index (χ4v) is 1.35. The molecule has 6 nitrogen and oxygen atoms in total. The maximum Gasteiger partial charge on any atom is 0.213 e. The van der Waals surface area contributed by atoms with E-state index in [4.69, 9.17) is 10.9 Å². The van der Waals surface area contributed by atoms with E-state index in [1.165, 1.54) is 14.0 Å². The molecule has 0 fully saturated rings. The van der Waals surface area contributed by atoms with Gasteiger partial charge in [-0.25, -0.2) is 8.42 Å². The summed E-state index contributed by atoms with van der Waals surface area (Å²) in [4.78, 5) is 0. The Bertz CT molecular complexity index is 259. The third-order valence-electron chi connectivity index (χ3n) is 1.35. The number of amidine groups is 1. The minimum absolute atomic E-state index is 0.00219. The molecule has 0 aromatic heterocycles. The molecule has 0 amide bonds. The molecule has 0 spiro atoms. The van der Waals surface area contributed by atoms with Gasteiger partial charge in [0.25, 0.3) is 0 Å². The predicted molar refractivity (Wildman–Crippen MR) is 45.5 cm³/mol. The summed E-state index contributed by atoms with van der Waals surface area (Å²) in [6.07, 6.45) is 0. The maximum atomic E-state index is 11.1. The van der Waals surface area contributed by atoms with Crippen molar-refractivity contribution in [3.63, 3.8) is 0 Å². The molecule has 0 unspecified atom stereocenters. The number of hydrogen-bond donors (Lipinski definition) is 2. The highest BCUT2D eigenvalue weighted by Crippen LogP contribution is 1.95. The first-order valence-electron chi connectivity index (χ1n) is 3.34. The Kier molecular flexibility index (Phi) is 3.98. The number of hydrogen-bond acceptors (Lipinski definition) is 4. The summed E-state index contributed by atoms with van der Waals surface area (Å²) in [5, 5.41) is 10.8. The standard InChI is InChI=1S/C5H13N3O3S/c1-3-12(10,11)8(2)4-5(6)7-9/h9H,3-4H2,1-2H3,(H2,6,7). The second-order valence-corrected chi connectivity index (χ2v) is 4.61. The van der Waals surface area contributed by atoms with Crippen LogP contribution in [0.5, 0.6) is 0 Å². The van der Waals surface area contributed by atoms with Crippen LogP contribution in [0.25, 0.3) is 0 Å². The van der Waals surface area contributed by atoms with E-state index in [0.717, 1.165) is 4.31 Å². The summed E-state index contributed by atoms with van der Waals surface area (Å²) in [5.74, 6) is -0.128. The molecule has 0 saturated heterocycles. The second kappa shape index (κ2) is 4.27. The Morgan fingerprint density at radius 2 is 2.17 bits per heavy atom. The first-order valence-corrected chi connectivity index (χ1v) is 4.95. The van der Waals surface area contributed by atoms with E-state index in [2.05, 4.69) is 5.16 Å².